The number of nitrogens with one attached hydrogen (secondary N) is 1. The molecule has 0 aliphatic carbocycles. The summed E-state index contributed by atoms with van der Waals surface area (Å²) in [6.45, 7) is 0.236. The number of thiophene rings is 1. The zero-order chi connectivity index (χ0) is 21.8. The molecule has 1 N–H and O–H groups in total. The largest absolute Gasteiger partial charge is 0.496 e. The van der Waals surface area contributed by atoms with Crippen molar-refractivity contribution < 1.29 is 14.3 Å². The highest BCUT2D eigenvalue weighted by molar-refractivity contribution is 9.11. The highest BCUT2D eigenvalue weighted by atomic mass is 79.9. The number of benzene rings is 2. The van der Waals surface area contributed by atoms with Crippen LogP contribution in [0.5, 0.6) is 5.75 Å². The molecule has 2 aromatic carbocycles. The van der Waals surface area contributed by atoms with E-state index in [0.717, 1.165) is 14.2 Å². The SMILES string of the molecule is COc1ccccc1CNC(=O)CN1C(=O)CC(c2ccc(Br)s2)=Nc2ccccc21. The predicted octanol–water partition coefficient (Wildman–Crippen LogP) is 4.69. The van der Waals surface area contributed by atoms with E-state index in [2.05, 4.69) is 21.2 Å². The summed E-state index contributed by atoms with van der Waals surface area (Å²) in [5, 5.41) is 2.88. The third kappa shape index (κ3) is 4.86. The van der Waals surface area contributed by atoms with Gasteiger partial charge in [-0.2, -0.15) is 0 Å². The molecule has 0 radical (unpaired) electrons. The Morgan fingerprint density at radius 3 is 2.71 bits per heavy atom. The van der Waals surface area contributed by atoms with Gasteiger partial charge in [0, 0.05) is 12.1 Å². The third-order valence-electron chi connectivity index (χ3n) is 4.88. The Bertz CT molecular complexity index is 1160. The Morgan fingerprint density at radius 1 is 1.16 bits per heavy atom. The van der Waals surface area contributed by atoms with Gasteiger partial charge in [0.2, 0.25) is 11.8 Å². The highest BCUT2D eigenvalue weighted by Crippen LogP contribution is 2.34. The first-order chi connectivity index (χ1) is 15.0. The van der Waals surface area contributed by atoms with Crippen LogP contribution < -0.4 is 15.0 Å². The van der Waals surface area contributed by atoms with Gasteiger partial charge in [-0.25, -0.2) is 4.99 Å². The summed E-state index contributed by atoms with van der Waals surface area (Å²) in [7, 11) is 1.59. The maximum absolute atomic E-state index is 13.1. The third-order valence-corrected chi connectivity index (χ3v) is 6.55. The standard InChI is InChI=1S/C23H20BrN3O3S/c1-30-19-9-5-2-6-15(19)13-25-22(28)14-27-18-8-4-3-7-16(18)26-17(12-23(27)29)20-10-11-21(24)31-20/h2-11H,12-14H2,1H3,(H,25,28). The van der Waals surface area contributed by atoms with Crippen LogP contribution in [0.2, 0.25) is 0 Å². The Hall–Kier alpha value is -2.97. The van der Waals surface area contributed by atoms with Crippen LogP contribution in [0.4, 0.5) is 11.4 Å². The topological polar surface area (TPSA) is 71.0 Å². The van der Waals surface area contributed by atoms with Crippen molar-refractivity contribution >= 4 is 56.2 Å². The molecular weight excluding hydrogens is 478 g/mol. The minimum atomic E-state index is -0.253. The van der Waals surface area contributed by atoms with Crippen LogP contribution >= 0.6 is 27.3 Å². The van der Waals surface area contributed by atoms with Crippen molar-refractivity contribution in [2.75, 3.05) is 18.6 Å². The molecule has 0 spiro atoms. The molecule has 1 aliphatic rings. The number of nitrogens with zero attached hydrogens (tertiary/aromatic N) is 2. The number of hydrogen-bond donors (Lipinski definition) is 1. The average molecular weight is 498 g/mol. The van der Waals surface area contributed by atoms with Crippen molar-refractivity contribution in [3.8, 4) is 5.75 Å². The maximum atomic E-state index is 13.1. The first-order valence-corrected chi connectivity index (χ1v) is 11.3. The van der Waals surface area contributed by atoms with E-state index in [0.29, 0.717) is 29.4 Å². The lowest BCUT2D eigenvalue weighted by Crippen LogP contribution is -2.41. The van der Waals surface area contributed by atoms with Gasteiger partial charge in [-0.3, -0.25) is 9.59 Å². The smallest absolute Gasteiger partial charge is 0.240 e. The summed E-state index contributed by atoms with van der Waals surface area (Å²) in [4.78, 5) is 33.0. The molecule has 0 bridgehead atoms. The molecule has 0 saturated carbocycles. The van der Waals surface area contributed by atoms with Gasteiger partial charge >= 0.3 is 0 Å². The number of amides is 2. The van der Waals surface area contributed by atoms with Crippen LogP contribution in [-0.2, 0) is 16.1 Å². The molecule has 158 valence electrons. The van der Waals surface area contributed by atoms with E-state index in [1.54, 1.807) is 7.11 Å². The van der Waals surface area contributed by atoms with E-state index in [-0.39, 0.29) is 24.8 Å². The van der Waals surface area contributed by atoms with Gasteiger partial charge in [0.1, 0.15) is 12.3 Å². The molecule has 2 amide bonds. The lowest BCUT2D eigenvalue weighted by Gasteiger charge is -2.22. The van der Waals surface area contributed by atoms with E-state index in [1.807, 2.05) is 60.7 Å². The number of hydrogen-bond acceptors (Lipinski definition) is 5. The Kier molecular flexibility index (Phi) is 6.48. The molecule has 8 heteroatoms. The van der Waals surface area contributed by atoms with Crippen LogP contribution in [0.25, 0.3) is 0 Å². The van der Waals surface area contributed by atoms with E-state index in [4.69, 9.17) is 9.73 Å². The van der Waals surface area contributed by atoms with Crippen molar-refractivity contribution in [2.24, 2.45) is 4.99 Å². The minimum Gasteiger partial charge on any atom is -0.496 e. The first kappa shape index (κ1) is 21.3. The number of ether oxygens (including phenoxy) is 1. The van der Waals surface area contributed by atoms with E-state index >= 15 is 0 Å². The zero-order valence-electron chi connectivity index (χ0n) is 16.8. The van der Waals surface area contributed by atoms with E-state index in [9.17, 15) is 9.59 Å². The van der Waals surface area contributed by atoms with Gasteiger partial charge in [0.25, 0.3) is 0 Å². The second kappa shape index (κ2) is 9.45. The number of halogens is 1. The van der Waals surface area contributed by atoms with Gasteiger partial charge in [-0.15, -0.1) is 11.3 Å². The summed E-state index contributed by atoms with van der Waals surface area (Å²) in [5.41, 5.74) is 2.87. The van der Waals surface area contributed by atoms with Crippen molar-refractivity contribution in [3.05, 3.63) is 74.9 Å². The van der Waals surface area contributed by atoms with Gasteiger partial charge in [0.05, 0.1) is 39.3 Å². The van der Waals surface area contributed by atoms with Crippen LogP contribution in [0.1, 0.15) is 16.9 Å². The number of para-hydroxylation sites is 3. The molecule has 3 aromatic rings. The summed E-state index contributed by atoms with van der Waals surface area (Å²) < 4.78 is 6.30. The van der Waals surface area contributed by atoms with Crippen LogP contribution in [-0.4, -0.2) is 31.2 Å². The molecule has 2 heterocycles. The molecule has 1 aromatic heterocycles. The van der Waals surface area contributed by atoms with Crippen molar-refractivity contribution in [3.63, 3.8) is 0 Å². The van der Waals surface area contributed by atoms with Crippen LogP contribution in [0.3, 0.4) is 0 Å². The fourth-order valence-electron chi connectivity index (χ4n) is 3.37. The van der Waals surface area contributed by atoms with Gasteiger partial charge in [-0.1, -0.05) is 30.3 Å². The maximum Gasteiger partial charge on any atom is 0.240 e. The number of methoxy groups -OCH3 is 1. The number of carbonyl (C=O) groups is 2. The summed E-state index contributed by atoms with van der Waals surface area (Å²) in [6, 6.07) is 18.8. The summed E-state index contributed by atoms with van der Waals surface area (Å²) >= 11 is 4.99. The van der Waals surface area contributed by atoms with E-state index in [1.165, 1.54) is 16.2 Å². The summed E-state index contributed by atoms with van der Waals surface area (Å²) in [6.07, 6.45) is 0.126. The van der Waals surface area contributed by atoms with Crippen LogP contribution in [0.15, 0.2) is 69.4 Å². The molecule has 0 unspecified atom stereocenters. The quantitative estimate of drug-likeness (QED) is 0.536. The van der Waals surface area contributed by atoms with Gasteiger partial charge in [-0.05, 0) is 46.3 Å². The van der Waals surface area contributed by atoms with Crippen molar-refractivity contribution in [1.29, 1.82) is 0 Å². The zero-order valence-corrected chi connectivity index (χ0v) is 19.2. The number of aliphatic imine (C=N–C) groups is 1. The lowest BCUT2D eigenvalue weighted by molar-refractivity contribution is -0.123. The predicted molar refractivity (Wildman–Crippen MR) is 126 cm³/mol. The first-order valence-electron chi connectivity index (χ1n) is 9.66. The van der Waals surface area contributed by atoms with Gasteiger partial charge < -0.3 is 15.0 Å². The Labute approximate surface area is 192 Å². The molecule has 0 saturated heterocycles. The highest BCUT2D eigenvalue weighted by Gasteiger charge is 2.27. The minimum absolute atomic E-state index is 0.0814. The number of rotatable bonds is 6. The van der Waals surface area contributed by atoms with Crippen molar-refractivity contribution in [2.45, 2.75) is 13.0 Å². The fourth-order valence-corrected chi connectivity index (χ4v) is 4.75. The number of fused-ring (bicyclic) bond motifs is 1. The number of carbonyl (C=O) groups excluding carboxylic acids is 2. The fraction of sp³-hybridized carbons (Fsp3) is 0.174. The van der Waals surface area contributed by atoms with E-state index < -0.39 is 0 Å². The normalized spacial score (nSPS) is 13.3. The summed E-state index contributed by atoms with van der Waals surface area (Å²) in [5.74, 6) is 0.288. The Balaban J connectivity index is 1.53. The molecule has 0 atom stereocenters. The monoisotopic (exact) mass is 497 g/mol. The molecule has 31 heavy (non-hydrogen) atoms. The van der Waals surface area contributed by atoms with Gasteiger partial charge in [0.15, 0.2) is 0 Å². The lowest BCUT2D eigenvalue weighted by atomic mass is 10.2. The Morgan fingerprint density at radius 2 is 1.94 bits per heavy atom. The number of anilines is 1. The molecular formula is C23H20BrN3O3S. The second-order valence-corrected chi connectivity index (χ2v) is 9.36. The molecule has 4 rings (SSSR count). The second-order valence-electron chi connectivity index (χ2n) is 6.90. The molecule has 1 aliphatic heterocycles. The van der Waals surface area contributed by atoms with Crippen LogP contribution in [0, 0.1) is 0 Å². The van der Waals surface area contributed by atoms with Crippen molar-refractivity contribution in [1.82, 2.24) is 5.32 Å². The molecule has 0 fully saturated rings. The average Bonchev–Trinajstić information content (AvgIpc) is 3.16. The molecule has 6 nitrogen and oxygen atoms in total.